The van der Waals surface area contributed by atoms with Gasteiger partial charge in [-0.15, -0.1) is 0 Å². The van der Waals surface area contributed by atoms with Crippen molar-refractivity contribution in [2.75, 3.05) is 0 Å². The van der Waals surface area contributed by atoms with E-state index in [2.05, 4.69) is 10.5 Å². The van der Waals surface area contributed by atoms with E-state index in [9.17, 15) is 14.7 Å². The smallest absolute Gasteiger partial charge is 0.326 e. The van der Waals surface area contributed by atoms with Gasteiger partial charge in [0.1, 0.15) is 11.7 Å². The number of nitrogens with zero attached hydrogens (tertiary/aromatic N) is 1. The molecule has 23 heavy (non-hydrogen) atoms. The summed E-state index contributed by atoms with van der Waals surface area (Å²) < 4.78 is 5.15. The molecule has 2 rings (SSSR count). The molecule has 0 spiro atoms. The Kier molecular flexibility index (Phi) is 5.03. The van der Waals surface area contributed by atoms with Gasteiger partial charge >= 0.3 is 5.97 Å². The van der Waals surface area contributed by atoms with Crippen LogP contribution in [0.3, 0.4) is 0 Å². The molecular weight excluding hydrogens is 296 g/mol. The van der Waals surface area contributed by atoms with Gasteiger partial charge in [0.2, 0.25) is 5.91 Å². The number of carbonyl (C=O) groups excluding carboxylic acids is 1. The number of aromatic nitrogens is 1. The molecule has 1 unspecified atom stereocenters. The molecule has 0 radical (unpaired) electrons. The van der Waals surface area contributed by atoms with Crippen molar-refractivity contribution in [3.8, 4) is 0 Å². The largest absolute Gasteiger partial charge is 0.480 e. The highest BCUT2D eigenvalue weighted by atomic mass is 16.5. The molecule has 0 bridgehead atoms. The molecule has 1 aromatic carbocycles. The minimum Gasteiger partial charge on any atom is -0.480 e. The fourth-order valence-electron chi connectivity index (χ4n) is 2.30. The molecule has 0 saturated carbocycles. The Morgan fingerprint density at radius 2 is 2.00 bits per heavy atom. The van der Waals surface area contributed by atoms with Gasteiger partial charge in [-0.3, -0.25) is 4.79 Å². The van der Waals surface area contributed by atoms with Crippen LogP contribution in [0, 0.1) is 5.41 Å². The van der Waals surface area contributed by atoms with Gasteiger partial charge < -0.3 is 14.9 Å². The van der Waals surface area contributed by atoms with Crippen molar-refractivity contribution >= 4 is 22.8 Å². The summed E-state index contributed by atoms with van der Waals surface area (Å²) >= 11 is 0. The maximum atomic E-state index is 12.1. The lowest BCUT2D eigenvalue weighted by atomic mass is 9.88. The van der Waals surface area contributed by atoms with Crippen molar-refractivity contribution in [3.63, 3.8) is 0 Å². The molecule has 0 saturated heterocycles. The first-order valence-electron chi connectivity index (χ1n) is 7.62. The Labute approximate surface area is 134 Å². The third kappa shape index (κ3) is 4.81. The van der Waals surface area contributed by atoms with Gasteiger partial charge in [-0.25, -0.2) is 4.79 Å². The van der Waals surface area contributed by atoms with Crippen LogP contribution in [0.25, 0.3) is 11.0 Å². The molecule has 1 heterocycles. The summed E-state index contributed by atoms with van der Waals surface area (Å²) in [6.07, 6.45) is 1.09. The monoisotopic (exact) mass is 318 g/mol. The van der Waals surface area contributed by atoms with Crippen LogP contribution in [0.4, 0.5) is 0 Å². The number of nitrogens with one attached hydrogen (secondary N) is 1. The normalized spacial score (nSPS) is 13.0. The third-order valence-corrected chi connectivity index (χ3v) is 3.60. The lowest BCUT2D eigenvalue weighted by Gasteiger charge is -2.21. The molecule has 0 aliphatic rings. The number of hydrogen-bond donors (Lipinski definition) is 2. The second-order valence-corrected chi connectivity index (χ2v) is 6.86. The van der Waals surface area contributed by atoms with E-state index in [0.29, 0.717) is 24.1 Å². The average Bonchev–Trinajstić information content (AvgIpc) is 2.85. The van der Waals surface area contributed by atoms with E-state index in [4.69, 9.17) is 4.52 Å². The van der Waals surface area contributed by atoms with E-state index in [1.165, 1.54) is 0 Å². The predicted molar refractivity (Wildman–Crippen MR) is 86.0 cm³/mol. The lowest BCUT2D eigenvalue weighted by molar-refractivity contribution is -0.142. The number of hydrogen-bond acceptors (Lipinski definition) is 4. The zero-order valence-electron chi connectivity index (χ0n) is 13.6. The van der Waals surface area contributed by atoms with Crippen molar-refractivity contribution < 1.29 is 19.2 Å². The molecule has 6 nitrogen and oxygen atoms in total. The standard InChI is InChI=1S/C17H22N2O4/c1-17(2,3)9-8-12(16(21)22)18-15(20)10-13-11-6-4-5-7-14(11)23-19-13/h4-7,12H,8-10H2,1-3H3,(H,18,20)(H,21,22). The van der Waals surface area contributed by atoms with Gasteiger partial charge in [0, 0.05) is 5.39 Å². The van der Waals surface area contributed by atoms with Crippen LogP contribution in [0.15, 0.2) is 28.8 Å². The second kappa shape index (κ2) is 6.81. The van der Waals surface area contributed by atoms with Crippen LogP contribution in [0.2, 0.25) is 0 Å². The first-order valence-corrected chi connectivity index (χ1v) is 7.62. The predicted octanol–water partition coefficient (Wildman–Crippen LogP) is 2.77. The summed E-state index contributed by atoms with van der Waals surface area (Å²) in [5, 5.41) is 16.5. The van der Waals surface area contributed by atoms with E-state index < -0.39 is 12.0 Å². The minimum absolute atomic E-state index is 0.00366. The van der Waals surface area contributed by atoms with Crippen molar-refractivity contribution in [2.45, 2.75) is 46.1 Å². The van der Waals surface area contributed by atoms with Gasteiger partial charge in [-0.2, -0.15) is 0 Å². The number of carboxylic acids is 1. The van der Waals surface area contributed by atoms with Crippen molar-refractivity contribution in [1.82, 2.24) is 10.5 Å². The summed E-state index contributed by atoms with van der Waals surface area (Å²) in [5.74, 6) is -1.39. The molecule has 0 aliphatic heterocycles. The minimum atomic E-state index is -1.02. The summed E-state index contributed by atoms with van der Waals surface area (Å²) in [5.41, 5.74) is 1.14. The van der Waals surface area contributed by atoms with Gasteiger partial charge in [0.05, 0.1) is 6.42 Å². The number of carboxylic acid groups (broad SMARTS) is 1. The number of amides is 1. The van der Waals surface area contributed by atoms with Crippen molar-refractivity contribution in [3.05, 3.63) is 30.0 Å². The van der Waals surface area contributed by atoms with E-state index in [0.717, 1.165) is 5.39 Å². The zero-order chi connectivity index (χ0) is 17.0. The summed E-state index contributed by atoms with van der Waals surface area (Å²) in [6.45, 7) is 6.11. The number of rotatable bonds is 6. The fraction of sp³-hybridized carbons (Fsp3) is 0.471. The van der Waals surface area contributed by atoms with E-state index in [1.54, 1.807) is 6.07 Å². The Hall–Kier alpha value is -2.37. The van der Waals surface area contributed by atoms with Crippen LogP contribution < -0.4 is 5.32 Å². The van der Waals surface area contributed by atoms with Crippen LogP contribution in [0.1, 0.15) is 39.3 Å². The molecule has 0 aliphatic carbocycles. The molecule has 124 valence electrons. The van der Waals surface area contributed by atoms with Gasteiger partial charge in [-0.1, -0.05) is 38.1 Å². The SMILES string of the molecule is CC(C)(C)CCC(NC(=O)Cc1noc2ccccc12)C(=O)O. The zero-order valence-corrected chi connectivity index (χ0v) is 13.6. The third-order valence-electron chi connectivity index (χ3n) is 3.60. The summed E-state index contributed by atoms with van der Waals surface area (Å²) in [4.78, 5) is 23.5. The quantitative estimate of drug-likeness (QED) is 0.854. The van der Waals surface area contributed by atoms with E-state index in [1.807, 2.05) is 39.0 Å². The number of aliphatic carboxylic acids is 1. The molecule has 0 fully saturated rings. The Morgan fingerprint density at radius 1 is 1.30 bits per heavy atom. The number of benzene rings is 1. The Bertz CT molecular complexity index is 700. The fourth-order valence-corrected chi connectivity index (χ4v) is 2.30. The number of carbonyl (C=O) groups is 2. The first kappa shape index (κ1) is 17.0. The van der Waals surface area contributed by atoms with Crippen LogP contribution in [0.5, 0.6) is 0 Å². The summed E-state index contributed by atoms with van der Waals surface area (Å²) in [7, 11) is 0. The molecule has 6 heteroatoms. The molecule has 1 aromatic heterocycles. The van der Waals surface area contributed by atoms with E-state index >= 15 is 0 Å². The highest BCUT2D eigenvalue weighted by Gasteiger charge is 2.23. The van der Waals surface area contributed by atoms with Crippen molar-refractivity contribution in [2.24, 2.45) is 5.41 Å². The summed E-state index contributed by atoms with van der Waals surface area (Å²) in [6, 6.07) is 6.37. The highest BCUT2D eigenvalue weighted by molar-refractivity contribution is 5.88. The van der Waals surface area contributed by atoms with Crippen molar-refractivity contribution in [1.29, 1.82) is 0 Å². The molecule has 2 N–H and O–H groups in total. The molecular formula is C17H22N2O4. The Balaban J connectivity index is 2.00. The maximum absolute atomic E-state index is 12.1. The lowest BCUT2D eigenvalue weighted by Crippen LogP contribution is -2.42. The van der Waals surface area contributed by atoms with Crippen LogP contribution >= 0.6 is 0 Å². The average molecular weight is 318 g/mol. The van der Waals surface area contributed by atoms with Gasteiger partial charge in [0.25, 0.3) is 0 Å². The second-order valence-electron chi connectivity index (χ2n) is 6.86. The Morgan fingerprint density at radius 3 is 2.65 bits per heavy atom. The van der Waals surface area contributed by atoms with Gasteiger partial charge in [0.15, 0.2) is 5.58 Å². The number of fused-ring (bicyclic) bond motifs is 1. The molecule has 1 amide bonds. The van der Waals surface area contributed by atoms with Gasteiger partial charge in [-0.05, 0) is 30.4 Å². The molecule has 2 aromatic rings. The highest BCUT2D eigenvalue weighted by Crippen LogP contribution is 2.22. The first-order chi connectivity index (χ1) is 10.8. The van der Waals surface area contributed by atoms with Crippen LogP contribution in [-0.2, 0) is 16.0 Å². The molecule has 1 atom stereocenters. The van der Waals surface area contributed by atoms with E-state index in [-0.39, 0.29) is 17.7 Å². The van der Waals surface area contributed by atoms with Crippen LogP contribution in [-0.4, -0.2) is 28.2 Å². The topological polar surface area (TPSA) is 92.4 Å². The number of para-hydroxylation sites is 1. The maximum Gasteiger partial charge on any atom is 0.326 e.